The first kappa shape index (κ1) is 14.1. The Kier molecular flexibility index (Phi) is 6.47. The zero-order valence-electron chi connectivity index (χ0n) is 11.1. The first-order chi connectivity index (χ1) is 7.58. The minimum absolute atomic E-state index is 0.888. The van der Waals surface area contributed by atoms with Crippen LogP contribution in [0.4, 0.5) is 0 Å². The molecule has 0 bridgehead atoms. The van der Waals surface area contributed by atoms with Gasteiger partial charge in [-0.2, -0.15) is 0 Å². The van der Waals surface area contributed by atoms with Crippen LogP contribution in [-0.2, 0) is 4.47 Å². The molecule has 0 unspecified atom stereocenters. The summed E-state index contributed by atoms with van der Waals surface area (Å²) in [6, 6.07) is 11.1. The zero-order valence-corrected chi connectivity index (χ0v) is 13.4. The van der Waals surface area contributed by atoms with Crippen LogP contribution in [0.25, 0.3) is 0 Å². The fraction of sp³-hybridized carbons (Fsp3) is 0.600. The Labute approximate surface area is 108 Å². The van der Waals surface area contributed by atoms with Gasteiger partial charge in [0.05, 0.1) is 0 Å². The molecular weight excluding hydrogens is 308 g/mol. The van der Waals surface area contributed by atoms with Crippen molar-refractivity contribution >= 4 is 19.6 Å². The standard InChI is InChI=1S/C15H25Te/c1-13(2)10-16(11-14(3)4)12-15-8-6-5-7-9-15/h5-9,13-14H,10-12H2,1-4H3/q+1. The van der Waals surface area contributed by atoms with Gasteiger partial charge in [-0.15, -0.1) is 0 Å². The number of benzene rings is 1. The summed E-state index contributed by atoms with van der Waals surface area (Å²) in [6.45, 7) is 9.50. The van der Waals surface area contributed by atoms with E-state index in [4.69, 9.17) is 0 Å². The molecule has 0 aliphatic rings. The van der Waals surface area contributed by atoms with Crippen LogP contribution in [0.5, 0.6) is 0 Å². The van der Waals surface area contributed by atoms with Crippen LogP contribution < -0.4 is 0 Å². The van der Waals surface area contributed by atoms with E-state index in [0.29, 0.717) is 0 Å². The first-order valence-corrected chi connectivity index (χ1v) is 11.2. The van der Waals surface area contributed by atoms with Crippen molar-refractivity contribution in [2.45, 2.75) is 41.1 Å². The van der Waals surface area contributed by atoms with Crippen molar-refractivity contribution in [3.8, 4) is 0 Å². The van der Waals surface area contributed by atoms with E-state index < -0.39 is 19.6 Å². The molecular formula is C15H25Te+. The van der Waals surface area contributed by atoms with Gasteiger partial charge in [0.15, 0.2) is 0 Å². The fourth-order valence-electron chi connectivity index (χ4n) is 1.94. The second-order valence-electron chi connectivity index (χ2n) is 5.36. The molecule has 0 nitrogen and oxygen atoms in total. The van der Waals surface area contributed by atoms with E-state index in [1.165, 1.54) is 13.4 Å². The average Bonchev–Trinajstić information content (AvgIpc) is 2.16. The van der Waals surface area contributed by atoms with Crippen LogP contribution in [0.2, 0.25) is 8.94 Å². The fourth-order valence-corrected chi connectivity index (χ4v) is 10.3. The molecule has 0 heterocycles. The van der Waals surface area contributed by atoms with Gasteiger partial charge in [0.1, 0.15) is 0 Å². The summed E-state index contributed by atoms with van der Waals surface area (Å²) in [5, 5.41) is 0. The van der Waals surface area contributed by atoms with Gasteiger partial charge in [-0.05, 0) is 0 Å². The van der Waals surface area contributed by atoms with E-state index >= 15 is 0 Å². The monoisotopic (exact) mass is 335 g/mol. The van der Waals surface area contributed by atoms with E-state index in [1.54, 1.807) is 5.56 Å². The molecule has 0 fully saturated rings. The predicted molar refractivity (Wildman–Crippen MR) is 75.2 cm³/mol. The summed E-state index contributed by atoms with van der Waals surface area (Å²) >= 11 is -0.896. The normalized spacial score (nSPS) is 11.7. The van der Waals surface area contributed by atoms with E-state index in [0.717, 1.165) is 11.8 Å². The van der Waals surface area contributed by atoms with E-state index in [1.807, 2.05) is 0 Å². The minimum atomic E-state index is -0.896. The van der Waals surface area contributed by atoms with Crippen LogP contribution >= 0.6 is 0 Å². The molecule has 16 heavy (non-hydrogen) atoms. The zero-order chi connectivity index (χ0) is 12.0. The molecule has 0 aromatic heterocycles. The summed E-state index contributed by atoms with van der Waals surface area (Å²) in [7, 11) is 0. The predicted octanol–water partition coefficient (Wildman–Crippen LogP) is 4.58. The number of rotatable bonds is 6. The second-order valence-corrected chi connectivity index (χ2v) is 11.6. The third-order valence-corrected chi connectivity index (χ3v) is 11.0. The molecule has 1 heteroatoms. The molecule has 0 saturated heterocycles. The maximum absolute atomic E-state index is 2.37. The molecule has 0 N–H and O–H groups in total. The summed E-state index contributed by atoms with van der Waals surface area (Å²) in [5.41, 5.74) is 1.57. The molecule has 1 rings (SSSR count). The Morgan fingerprint density at radius 2 is 1.38 bits per heavy atom. The van der Waals surface area contributed by atoms with Gasteiger partial charge < -0.3 is 0 Å². The van der Waals surface area contributed by atoms with Crippen LogP contribution in [0.1, 0.15) is 33.3 Å². The molecule has 0 atom stereocenters. The van der Waals surface area contributed by atoms with Gasteiger partial charge in [0, 0.05) is 0 Å². The second kappa shape index (κ2) is 7.36. The molecule has 0 radical (unpaired) electrons. The Hall–Kier alpha value is 0.00961. The Morgan fingerprint density at radius 3 is 1.81 bits per heavy atom. The summed E-state index contributed by atoms with van der Waals surface area (Å²) in [6.07, 6.45) is 0. The van der Waals surface area contributed by atoms with Crippen LogP contribution in [0.3, 0.4) is 0 Å². The van der Waals surface area contributed by atoms with Gasteiger partial charge in [-0.3, -0.25) is 0 Å². The van der Waals surface area contributed by atoms with Crippen LogP contribution in [-0.4, -0.2) is 19.6 Å². The summed E-state index contributed by atoms with van der Waals surface area (Å²) in [4.78, 5) is 0. The maximum atomic E-state index is 2.37. The van der Waals surface area contributed by atoms with Crippen molar-refractivity contribution in [3.63, 3.8) is 0 Å². The summed E-state index contributed by atoms with van der Waals surface area (Å²) in [5.74, 6) is 1.78. The molecule has 0 spiro atoms. The first-order valence-electron chi connectivity index (χ1n) is 6.26. The van der Waals surface area contributed by atoms with Gasteiger partial charge in [-0.1, -0.05) is 0 Å². The van der Waals surface area contributed by atoms with Crippen molar-refractivity contribution < 1.29 is 0 Å². The molecule has 0 aliphatic carbocycles. The molecule has 0 amide bonds. The SMILES string of the molecule is CC(C)C[Te+](Cc1ccccc1)CC(C)C. The van der Waals surface area contributed by atoms with Crippen molar-refractivity contribution in [2.75, 3.05) is 0 Å². The quantitative estimate of drug-likeness (QED) is 0.669. The van der Waals surface area contributed by atoms with Crippen LogP contribution in [0, 0.1) is 11.8 Å². The molecule has 0 saturated carbocycles. The third kappa shape index (κ3) is 5.92. The van der Waals surface area contributed by atoms with E-state index in [-0.39, 0.29) is 0 Å². The van der Waals surface area contributed by atoms with Crippen molar-refractivity contribution in [3.05, 3.63) is 35.9 Å². The summed E-state index contributed by atoms with van der Waals surface area (Å²) < 4.78 is 4.47. The van der Waals surface area contributed by atoms with Crippen molar-refractivity contribution in [2.24, 2.45) is 11.8 Å². The molecule has 1 aromatic rings. The number of hydrogen-bond donors (Lipinski definition) is 0. The topological polar surface area (TPSA) is 0 Å². The van der Waals surface area contributed by atoms with Gasteiger partial charge >= 0.3 is 108 Å². The Bertz CT molecular complexity index is 267. The van der Waals surface area contributed by atoms with E-state index in [9.17, 15) is 0 Å². The van der Waals surface area contributed by atoms with E-state index in [2.05, 4.69) is 58.0 Å². The molecule has 90 valence electrons. The average molecular weight is 333 g/mol. The van der Waals surface area contributed by atoms with Crippen molar-refractivity contribution in [1.29, 1.82) is 0 Å². The van der Waals surface area contributed by atoms with Gasteiger partial charge in [0.25, 0.3) is 0 Å². The van der Waals surface area contributed by atoms with Gasteiger partial charge in [0.2, 0.25) is 0 Å². The Balaban J connectivity index is 2.56. The Morgan fingerprint density at radius 1 is 0.875 bits per heavy atom. The van der Waals surface area contributed by atoms with Crippen LogP contribution in [0.15, 0.2) is 30.3 Å². The van der Waals surface area contributed by atoms with Gasteiger partial charge in [-0.25, -0.2) is 0 Å². The molecule has 0 aliphatic heterocycles. The van der Waals surface area contributed by atoms with Crippen molar-refractivity contribution in [1.82, 2.24) is 0 Å². The number of hydrogen-bond acceptors (Lipinski definition) is 0. The molecule has 1 aromatic carbocycles. The third-order valence-electron chi connectivity index (χ3n) is 2.35.